The minimum absolute atomic E-state index is 0.350. The van der Waals surface area contributed by atoms with E-state index in [1.807, 2.05) is 30.3 Å². The van der Waals surface area contributed by atoms with Gasteiger partial charge in [-0.05, 0) is 12.1 Å². The van der Waals surface area contributed by atoms with Crippen molar-refractivity contribution in [2.24, 2.45) is 5.73 Å². The van der Waals surface area contributed by atoms with Gasteiger partial charge >= 0.3 is 5.97 Å². The van der Waals surface area contributed by atoms with E-state index in [1.54, 1.807) is 6.26 Å². The summed E-state index contributed by atoms with van der Waals surface area (Å²) in [6, 6.07) is 8.76. The Balaban J connectivity index is 1.90. The fraction of sp³-hybridized carbons (Fsp3) is 0.231. The number of hydrogen-bond donors (Lipinski definition) is 2. The van der Waals surface area contributed by atoms with E-state index < -0.39 is 12.0 Å². The monoisotopic (exact) mass is 278 g/mol. The molecular weight excluding hydrogens is 264 g/mol. The smallest absolute Gasteiger partial charge is 0.321 e. The summed E-state index contributed by atoms with van der Waals surface area (Å²) < 4.78 is 5.38. The highest BCUT2D eigenvalue weighted by molar-refractivity contribution is 7.98. The molecule has 0 amide bonds. The van der Waals surface area contributed by atoms with E-state index in [2.05, 4.69) is 4.98 Å². The van der Waals surface area contributed by atoms with Crippen molar-refractivity contribution < 1.29 is 14.3 Å². The first-order chi connectivity index (χ1) is 9.16. The molecule has 2 rings (SSSR count). The van der Waals surface area contributed by atoms with Gasteiger partial charge in [0, 0.05) is 17.1 Å². The summed E-state index contributed by atoms with van der Waals surface area (Å²) in [6.07, 6.45) is 1.58. The third-order valence-corrected chi connectivity index (χ3v) is 3.53. The number of hydrogen-bond acceptors (Lipinski definition) is 5. The average Bonchev–Trinajstić information content (AvgIpc) is 2.88. The van der Waals surface area contributed by atoms with E-state index in [0.717, 1.165) is 11.3 Å². The first kappa shape index (κ1) is 13.6. The fourth-order valence-corrected chi connectivity index (χ4v) is 2.30. The number of aromatic nitrogens is 1. The summed E-state index contributed by atoms with van der Waals surface area (Å²) >= 11 is 1.42. The van der Waals surface area contributed by atoms with Crippen LogP contribution in [0.4, 0.5) is 0 Å². The Morgan fingerprint density at radius 1 is 1.42 bits per heavy atom. The second kappa shape index (κ2) is 6.40. The Hall–Kier alpha value is -1.79. The van der Waals surface area contributed by atoms with Crippen LogP contribution in [-0.2, 0) is 10.5 Å². The number of carboxylic acid groups (broad SMARTS) is 1. The van der Waals surface area contributed by atoms with Gasteiger partial charge in [0.2, 0.25) is 5.89 Å². The SMILES string of the molecule is N[C@H](CSCc1coc(-c2ccccc2)n1)C(=O)O. The zero-order chi connectivity index (χ0) is 13.7. The molecule has 0 spiro atoms. The van der Waals surface area contributed by atoms with Crippen LogP contribution in [0.5, 0.6) is 0 Å². The number of nitrogens with two attached hydrogens (primary N) is 1. The van der Waals surface area contributed by atoms with Gasteiger partial charge in [0.05, 0.1) is 5.69 Å². The summed E-state index contributed by atoms with van der Waals surface area (Å²) in [4.78, 5) is 14.9. The molecule has 0 saturated heterocycles. The normalized spacial score (nSPS) is 12.3. The van der Waals surface area contributed by atoms with E-state index in [9.17, 15) is 4.79 Å². The molecule has 0 aliphatic carbocycles. The molecule has 0 aliphatic heterocycles. The number of oxazole rings is 1. The van der Waals surface area contributed by atoms with Crippen molar-refractivity contribution >= 4 is 17.7 Å². The first-order valence-corrected chi connectivity index (χ1v) is 6.88. The Kier molecular flexibility index (Phi) is 4.59. The zero-order valence-electron chi connectivity index (χ0n) is 10.2. The molecule has 100 valence electrons. The summed E-state index contributed by atoms with van der Waals surface area (Å²) in [6.45, 7) is 0. The lowest BCUT2D eigenvalue weighted by atomic mass is 10.2. The summed E-state index contributed by atoms with van der Waals surface area (Å²) in [7, 11) is 0. The second-order valence-electron chi connectivity index (χ2n) is 3.97. The Morgan fingerprint density at radius 3 is 2.84 bits per heavy atom. The van der Waals surface area contributed by atoms with Gasteiger partial charge in [-0.25, -0.2) is 4.98 Å². The molecule has 0 unspecified atom stereocenters. The number of benzene rings is 1. The van der Waals surface area contributed by atoms with Gasteiger partial charge < -0.3 is 15.3 Å². The molecule has 5 nitrogen and oxygen atoms in total. The number of thioether (sulfide) groups is 1. The Labute approximate surface area is 114 Å². The van der Waals surface area contributed by atoms with Gasteiger partial charge in [-0.1, -0.05) is 18.2 Å². The van der Waals surface area contributed by atoms with Gasteiger partial charge in [0.15, 0.2) is 0 Å². The Morgan fingerprint density at radius 2 is 2.16 bits per heavy atom. The van der Waals surface area contributed by atoms with E-state index >= 15 is 0 Å². The summed E-state index contributed by atoms with van der Waals surface area (Å²) in [5, 5.41) is 8.66. The minimum Gasteiger partial charge on any atom is -0.480 e. The molecule has 0 aliphatic rings. The molecule has 1 aromatic heterocycles. The van der Waals surface area contributed by atoms with E-state index in [0.29, 0.717) is 17.4 Å². The van der Waals surface area contributed by atoms with Gasteiger partial charge in [0.1, 0.15) is 12.3 Å². The zero-order valence-corrected chi connectivity index (χ0v) is 11.0. The maximum atomic E-state index is 10.6. The van der Waals surface area contributed by atoms with Crippen molar-refractivity contribution in [3.63, 3.8) is 0 Å². The topological polar surface area (TPSA) is 89.4 Å². The quantitative estimate of drug-likeness (QED) is 0.840. The standard InChI is InChI=1S/C13H14N2O3S/c14-11(13(16)17)8-19-7-10-6-18-12(15-10)9-4-2-1-3-5-9/h1-6,11H,7-8,14H2,(H,16,17)/t11-/m1/s1. The summed E-state index contributed by atoms with van der Waals surface area (Å²) in [5.41, 5.74) is 7.11. The third kappa shape index (κ3) is 3.84. The fourth-order valence-electron chi connectivity index (χ4n) is 1.45. The molecule has 1 atom stereocenters. The van der Waals surface area contributed by atoms with Crippen LogP contribution in [0.25, 0.3) is 11.5 Å². The highest BCUT2D eigenvalue weighted by Crippen LogP contribution is 2.20. The molecule has 2 aromatic rings. The van der Waals surface area contributed by atoms with Crippen LogP contribution in [-0.4, -0.2) is 27.9 Å². The maximum absolute atomic E-state index is 10.6. The molecular formula is C13H14N2O3S. The van der Waals surface area contributed by atoms with Crippen LogP contribution < -0.4 is 5.73 Å². The predicted molar refractivity (Wildman–Crippen MR) is 73.7 cm³/mol. The largest absolute Gasteiger partial charge is 0.480 e. The van der Waals surface area contributed by atoms with Crippen LogP contribution in [0.3, 0.4) is 0 Å². The molecule has 0 fully saturated rings. The predicted octanol–water partition coefficient (Wildman–Crippen LogP) is 1.99. The average molecular weight is 278 g/mol. The van der Waals surface area contributed by atoms with Gasteiger partial charge in [-0.2, -0.15) is 11.8 Å². The van der Waals surface area contributed by atoms with Crippen molar-refractivity contribution in [3.8, 4) is 11.5 Å². The van der Waals surface area contributed by atoms with Crippen molar-refractivity contribution in [1.82, 2.24) is 4.98 Å². The molecule has 0 saturated carbocycles. The van der Waals surface area contributed by atoms with Crippen molar-refractivity contribution in [2.45, 2.75) is 11.8 Å². The van der Waals surface area contributed by atoms with Crippen LogP contribution in [0.1, 0.15) is 5.69 Å². The van der Waals surface area contributed by atoms with E-state index in [-0.39, 0.29) is 0 Å². The first-order valence-electron chi connectivity index (χ1n) is 5.73. The molecule has 0 radical (unpaired) electrons. The highest BCUT2D eigenvalue weighted by Gasteiger charge is 2.12. The number of rotatable bonds is 6. The number of aliphatic carboxylic acids is 1. The second-order valence-corrected chi connectivity index (χ2v) is 5.00. The van der Waals surface area contributed by atoms with Crippen LogP contribution in [0.15, 0.2) is 41.0 Å². The lowest BCUT2D eigenvalue weighted by molar-refractivity contribution is -0.137. The Bertz CT molecular complexity index is 542. The van der Waals surface area contributed by atoms with Gasteiger partial charge in [-0.15, -0.1) is 0 Å². The van der Waals surface area contributed by atoms with Crippen LogP contribution in [0.2, 0.25) is 0 Å². The summed E-state index contributed by atoms with van der Waals surface area (Å²) in [5.74, 6) is 0.511. The van der Waals surface area contributed by atoms with E-state index in [4.69, 9.17) is 15.3 Å². The van der Waals surface area contributed by atoms with Gasteiger partial charge in [0.25, 0.3) is 0 Å². The van der Waals surface area contributed by atoms with Crippen molar-refractivity contribution in [2.75, 3.05) is 5.75 Å². The van der Waals surface area contributed by atoms with Crippen molar-refractivity contribution in [3.05, 3.63) is 42.3 Å². The molecule has 3 N–H and O–H groups in total. The number of carbonyl (C=O) groups is 1. The molecule has 1 heterocycles. The van der Waals surface area contributed by atoms with Crippen LogP contribution in [0, 0.1) is 0 Å². The number of nitrogens with zero attached hydrogens (tertiary/aromatic N) is 1. The highest BCUT2D eigenvalue weighted by atomic mass is 32.2. The molecule has 0 bridgehead atoms. The lowest BCUT2D eigenvalue weighted by Crippen LogP contribution is -2.32. The maximum Gasteiger partial charge on any atom is 0.321 e. The number of carboxylic acids is 1. The van der Waals surface area contributed by atoms with Crippen molar-refractivity contribution in [1.29, 1.82) is 0 Å². The third-order valence-electron chi connectivity index (χ3n) is 2.44. The van der Waals surface area contributed by atoms with Crippen LogP contribution >= 0.6 is 11.8 Å². The lowest BCUT2D eigenvalue weighted by Gasteiger charge is -2.03. The molecule has 6 heteroatoms. The molecule has 19 heavy (non-hydrogen) atoms. The van der Waals surface area contributed by atoms with E-state index in [1.165, 1.54) is 11.8 Å². The molecule has 1 aromatic carbocycles. The minimum atomic E-state index is -0.988. The van der Waals surface area contributed by atoms with Gasteiger partial charge in [-0.3, -0.25) is 4.79 Å².